The van der Waals surface area contributed by atoms with Gasteiger partial charge in [0.05, 0.1) is 11.4 Å². The lowest BCUT2D eigenvalue weighted by Gasteiger charge is -2.03. The fourth-order valence-corrected chi connectivity index (χ4v) is 2.40. The van der Waals surface area contributed by atoms with Crippen molar-refractivity contribution in [3.05, 3.63) is 33.0 Å². The maximum absolute atomic E-state index is 11.3. The molecule has 0 aliphatic carbocycles. The molecular weight excluding hydrogens is 258 g/mol. The molecule has 1 aromatic rings. The molecule has 0 radical (unpaired) electrons. The van der Waals surface area contributed by atoms with Gasteiger partial charge in [-0.15, -0.1) is 11.3 Å². The number of hydrogen-bond acceptors (Lipinski definition) is 4. The predicted molar refractivity (Wildman–Crippen MR) is 71.4 cm³/mol. The highest BCUT2D eigenvalue weighted by Gasteiger charge is 2.05. The molecule has 0 spiro atoms. The molecule has 0 bridgehead atoms. The fraction of sp³-hybridized carbons (Fsp3) is 0.417. The van der Waals surface area contributed by atoms with Crippen LogP contribution < -0.4 is 5.32 Å². The molecule has 0 aliphatic heterocycles. The van der Waals surface area contributed by atoms with Gasteiger partial charge in [-0.05, 0) is 18.6 Å². The minimum Gasteiger partial charge on any atom is -0.466 e. The Morgan fingerprint density at radius 3 is 2.88 bits per heavy atom. The highest BCUT2D eigenvalue weighted by molar-refractivity contribution is 7.16. The summed E-state index contributed by atoms with van der Waals surface area (Å²) < 4.78 is 5.46. The Bertz CT molecular complexity index is 401. The maximum Gasteiger partial charge on any atom is 0.333 e. The zero-order valence-corrected chi connectivity index (χ0v) is 11.5. The number of nitrogens with one attached hydrogen (secondary N) is 1. The molecule has 0 unspecified atom stereocenters. The Kier molecular flexibility index (Phi) is 6.26. The van der Waals surface area contributed by atoms with E-state index in [2.05, 4.69) is 10.1 Å². The summed E-state index contributed by atoms with van der Waals surface area (Å²) in [6.45, 7) is 3.33. The van der Waals surface area contributed by atoms with E-state index in [9.17, 15) is 4.79 Å². The molecule has 3 nitrogen and oxygen atoms in total. The Morgan fingerprint density at radius 2 is 2.35 bits per heavy atom. The lowest BCUT2D eigenvalue weighted by molar-refractivity contribution is -0.136. The molecule has 0 saturated carbocycles. The molecule has 5 heteroatoms. The van der Waals surface area contributed by atoms with Crippen LogP contribution in [0.4, 0.5) is 0 Å². The van der Waals surface area contributed by atoms with Crippen LogP contribution in [0, 0.1) is 0 Å². The molecule has 1 rings (SSSR count). The van der Waals surface area contributed by atoms with Crippen molar-refractivity contribution in [1.82, 2.24) is 5.32 Å². The first-order valence-corrected chi connectivity index (χ1v) is 6.59. The third kappa shape index (κ3) is 4.89. The van der Waals surface area contributed by atoms with Crippen LogP contribution in [-0.2, 0) is 16.1 Å². The number of thiophene rings is 1. The third-order valence-electron chi connectivity index (χ3n) is 2.25. The van der Waals surface area contributed by atoms with Gasteiger partial charge in [-0.25, -0.2) is 4.79 Å². The van der Waals surface area contributed by atoms with Crippen molar-refractivity contribution in [1.29, 1.82) is 0 Å². The average Bonchev–Trinajstić information content (AvgIpc) is 2.74. The second-order valence-electron chi connectivity index (χ2n) is 3.41. The SMILES string of the molecule is CC/C(=C/CNCc1ccc(Cl)s1)C(=O)OC. The summed E-state index contributed by atoms with van der Waals surface area (Å²) in [5.41, 5.74) is 0.698. The van der Waals surface area contributed by atoms with Crippen LogP contribution in [0.15, 0.2) is 23.8 Å². The second kappa shape index (κ2) is 7.48. The van der Waals surface area contributed by atoms with Crippen LogP contribution in [0.2, 0.25) is 4.34 Å². The van der Waals surface area contributed by atoms with E-state index in [0.717, 1.165) is 10.9 Å². The number of halogens is 1. The van der Waals surface area contributed by atoms with Gasteiger partial charge in [0.15, 0.2) is 0 Å². The number of carbonyl (C=O) groups excluding carboxylic acids is 1. The first-order chi connectivity index (χ1) is 8.17. The van der Waals surface area contributed by atoms with Gasteiger partial charge < -0.3 is 10.1 Å². The van der Waals surface area contributed by atoms with Crippen molar-refractivity contribution in [2.75, 3.05) is 13.7 Å². The Morgan fingerprint density at radius 1 is 1.59 bits per heavy atom. The first kappa shape index (κ1) is 14.2. The van der Waals surface area contributed by atoms with E-state index < -0.39 is 0 Å². The summed E-state index contributed by atoms with van der Waals surface area (Å²) >= 11 is 7.38. The van der Waals surface area contributed by atoms with E-state index in [1.54, 1.807) is 11.3 Å². The van der Waals surface area contributed by atoms with Crippen LogP contribution in [0.5, 0.6) is 0 Å². The monoisotopic (exact) mass is 273 g/mol. The number of methoxy groups -OCH3 is 1. The molecule has 0 atom stereocenters. The summed E-state index contributed by atoms with van der Waals surface area (Å²) in [4.78, 5) is 12.5. The zero-order valence-electron chi connectivity index (χ0n) is 9.96. The Labute approximate surface area is 110 Å². The van der Waals surface area contributed by atoms with Crippen molar-refractivity contribution in [2.24, 2.45) is 0 Å². The van der Waals surface area contributed by atoms with E-state index in [-0.39, 0.29) is 5.97 Å². The van der Waals surface area contributed by atoms with Gasteiger partial charge in [-0.2, -0.15) is 0 Å². The van der Waals surface area contributed by atoms with E-state index in [1.165, 1.54) is 12.0 Å². The summed E-state index contributed by atoms with van der Waals surface area (Å²) in [5.74, 6) is -0.256. The fourth-order valence-electron chi connectivity index (χ4n) is 1.34. The van der Waals surface area contributed by atoms with Gasteiger partial charge in [0.1, 0.15) is 0 Å². The first-order valence-electron chi connectivity index (χ1n) is 5.39. The van der Waals surface area contributed by atoms with Gasteiger partial charge in [-0.1, -0.05) is 24.6 Å². The molecule has 0 aromatic carbocycles. The topological polar surface area (TPSA) is 38.3 Å². The standard InChI is InChI=1S/C12H16ClNO2S/c1-3-9(12(15)16-2)6-7-14-8-10-4-5-11(13)17-10/h4-6,14H,3,7-8H2,1-2H3/b9-6-. The van der Waals surface area contributed by atoms with Crippen LogP contribution in [-0.4, -0.2) is 19.6 Å². The number of esters is 1. The quantitative estimate of drug-likeness (QED) is 0.492. The van der Waals surface area contributed by atoms with Gasteiger partial charge in [0.2, 0.25) is 0 Å². The molecule has 1 N–H and O–H groups in total. The molecule has 0 aliphatic rings. The second-order valence-corrected chi connectivity index (χ2v) is 5.21. The smallest absolute Gasteiger partial charge is 0.333 e. The molecule has 1 aromatic heterocycles. The van der Waals surface area contributed by atoms with E-state index in [1.807, 2.05) is 25.1 Å². The van der Waals surface area contributed by atoms with E-state index >= 15 is 0 Å². The number of hydrogen-bond donors (Lipinski definition) is 1. The lowest BCUT2D eigenvalue weighted by Crippen LogP contribution is -2.14. The number of carbonyl (C=O) groups is 1. The minimum atomic E-state index is -0.256. The van der Waals surface area contributed by atoms with Crippen LogP contribution in [0.25, 0.3) is 0 Å². The largest absolute Gasteiger partial charge is 0.466 e. The van der Waals surface area contributed by atoms with Crippen LogP contribution in [0.1, 0.15) is 18.2 Å². The summed E-state index contributed by atoms with van der Waals surface area (Å²) in [5, 5.41) is 3.23. The number of ether oxygens (including phenoxy) is 1. The summed E-state index contributed by atoms with van der Waals surface area (Å²) in [6, 6.07) is 3.87. The highest BCUT2D eigenvalue weighted by Crippen LogP contribution is 2.20. The third-order valence-corrected chi connectivity index (χ3v) is 3.48. The molecule has 0 amide bonds. The molecular formula is C12H16ClNO2S. The van der Waals surface area contributed by atoms with Crippen LogP contribution >= 0.6 is 22.9 Å². The lowest BCUT2D eigenvalue weighted by atomic mass is 10.2. The minimum absolute atomic E-state index is 0.256. The Hall–Kier alpha value is -0.840. The van der Waals surface area contributed by atoms with Gasteiger partial charge in [-0.3, -0.25) is 0 Å². The van der Waals surface area contributed by atoms with E-state index in [4.69, 9.17) is 11.6 Å². The Balaban J connectivity index is 2.35. The molecule has 17 heavy (non-hydrogen) atoms. The zero-order chi connectivity index (χ0) is 12.7. The highest BCUT2D eigenvalue weighted by atomic mass is 35.5. The van der Waals surface area contributed by atoms with Crippen molar-refractivity contribution < 1.29 is 9.53 Å². The molecule has 94 valence electrons. The average molecular weight is 274 g/mol. The van der Waals surface area contributed by atoms with Gasteiger partial charge in [0.25, 0.3) is 0 Å². The van der Waals surface area contributed by atoms with Crippen molar-refractivity contribution in [3.63, 3.8) is 0 Å². The summed E-state index contributed by atoms with van der Waals surface area (Å²) in [7, 11) is 1.40. The van der Waals surface area contributed by atoms with Crippen molar-refractivity contribution >= 4 is 28.9 Å². The van der Waals surface area contributed by atoms with Crippen LogP contribution in [0.3, 0.4) is 0 Å². The number of rotatable bonds is 6. The molecule has 0 fully saturated rings. The van der Waals surface area contributed by atoms with Gasteiger partial charge >= 0.3 is 5.97 Å². The maximum atomic E-state index is 11.3. The van der Waals surface area contributed by atoms with Crippen molar-refractivity contribution in [2.45, 2.75) is 19.9 Å². The van der Waals surface area contributed by atoms with E-state index in [0.29, 0.717) is 18.5 Å². The normalized spacial score (nSPS) is 11.6. The molecule has 0 saturated heterocycles. The predicted octanol–water partition coefficient (Wildman–Crippen LogP) is 3.00. The van der Waals surface area contributed by atoms with Gasteiger partial charge in [0, 0.05) is 23.5 Å². The molecule has 1 heterocycles. The summed E-state index contributed by atoms with van der Waals surface area (Å²) in [6.07, 6.45) is 2.54. The van der Waals surface area contributed by atoms with Crippen molar-refractivity contribution in [3.8, 4) is 0 Å².